The summed E-state index contributed by atoms with van der Waals surface area (Å²) >= 11 is 3.57. The molecule has 24 heavy (non-hydrogen) atoms. The Hall–Kier alpha value is -1.62. The van der Waals surface area contributed by atoms with Gasteiger partial charge in [0, 0.05) is 47.3 Å². The van der Waals surface area contributed by atoms with Crippen molar-refractivity contribution < 1.29 is 0 Å². The Morgan fingerprint density at radius 2 is 1.71 bits per heavy atom. The highest BCUT2D eigenvalue weighted by molar-refractivity contribution is 9.10. The number of halogens is 2. The third-order valence-electron chi connectivity index (χ3n) is 4.28. The molecule has 0 unspecified atom stereocenters. The second kappa shape index (κ2) is 7.51. The van der Waals surface area contributed by atoms with Crippen LogP contribution in [0, 0.1) is 0 Å². The van der Waals surface area contributed by atoms with E-state index in [0.717, 1.165) is 47.4 Å². The van der Waals surface area contributed by atoms with Crippen LogP contribution in [0.25, 0.3) is 22.2 Å². The zero-order valence-electron chi connectivity index (χ0n) is 13.2. The van der Waals surface area contributed by atoms with Crippen LogP contribution < -0.4 is 10.2 Å². The third kappa shape index (κ3) is 3.41. The molecular formula is C19H19BrClN3. The number of nitrogens with zero attached hydrogens (tertiary/aromatic N) is 2. The molecule has 1 N–H and O–H groups in total. The highest BCUT2D eigenvalue weighted by Gasteiger charge is 2.16. The van der Waals surface area contributed by atoms with Crippen molar-refractivity contribution in [2.45, 2.75) is 0 Å². The molecule has 1 aliphatic rings. The minimum Gasteiger partial charge on any atom is -0.368 e. The Kier molecular flexibility index (Phi) is 5.39. The predicted octanol–water partition coefficient (Wildman–Crippen LogP) is 4.50. The van der Waals surface area contributed by atoms with E-state index in [1.165, 1.54) is 11.1 Å². The van der Waals surface area contributed by atoms with E-state index < -0.39 is 0 Å². The van der Waals surface area contributed by atoms with Crippen LogP contribution in [0.5, 0.6) is 0 Å². The van der Waals surface area contributed by atoms with Crippen molar-refractivity contribution in [2.24, 2.45) is 0 Å². The molecule has 3 aromatic rings. The van der Waals surface area contributed by atoms with Crippen LogP contribution in [-0.4, -0.2) is 31.2 Å². The minimum atomic E-state index is 0. The fraction of sp³-hybridized carbons (Fsp3) is 0.211. The number of hydrogen-bond donors (Lipinski definition) is 1. The summed E-state index contributed by atoms with van der Waals surface area (Å²) in [5, 5.41) is 4.64. The predicted molar refractivity (Wildman–Crippen MR) is 107 cm³/mol. The van der Waals surface area contributed by atoms with Gasteiger partial charge in [0.2, 0.25) is 0 Å². The van der Waals surface area contributed by atoms with Gasteiger partial charge in [0.15, 0.2) is 0 Å². The lowest BCUT2D eigenvalue weighted by Crippen LogP contribution is -2.43. The van der Waals surface area contributed by atoms with E-state index in [4.69, 9.17) is 4.98 Å². The molecule has 0 spiro atoms. The largest absolute Gasteiger partial charge is 0.368 e. The number of pyridine rings is 1. The summed E-state index contributed by atoms with van der Waals surface area (Å²) in [4.78, 5) is 7.35. The number of aromatic nitrogens is 1. The molecule has 1 saturated heterocycles. The van der Waals surface area contributed by atoms with Crippen LogP contribution in [-0.2, 0) is 0 Å². The highest BCUT2D eigenvalue weighted by atomic mass is 79.9. The number of fused-ring (bicyclic) bond motifs is 1. The lowest BCUT2D eigenvalue weighted by molar-refractivity contribution is 0.590. The normalized spacial score (nSPS) is 14.5. The van der Waals surface area contributed by atoms with Gasteiger partial charge in [0.25, 0.3) is 0 Å². The topological polar surface area (TPSA) is 28.2 Å². The standard InChI is InChI=1S/C19H18BrN3.ClH/c20-15-6-7-16-18(12-15)22-17(14-4-2-1-3-5-14)13-19(16)23-10-8-21-9-11-23;/h1-7,12-13,21H,8-11H2;1H. The SMILES string of the molecule is Brc1ccc2c(N3CCNCC3)cc(-c3ccccc3)nc2c1.Cl. The number of hydrogen-bond acceptors (Lipinski definition) is 3. The molecule has 0 atom stereocenters. The Bertz CT molecular complexity index is 833. The second-order valence-corrected chi connectivity index (χ2v) is 6.71. The molecule has 0 radical (unpaired) electrons. The quantitative estimate of drug-likeness (QED) is 0.682. The number of rotatable bonds is 2. The summed E-state index contributed by atoms with van der Waals surface area (Å²) in [6, 6.07) is 19.0. The van der Waals surface area contributed by atoms with E-state index in [9.17, 15) is 0 Å². The van der Waals surface area contributed by atoms with E-state index in [2.05, 4.69) is 74.7 Å². The first kappa shape index (κ1) is 17.2. The molecule has 0 aliphatic carbocycles. The molecule has 4 rings (SSSR count). The maximum atomic E-state index is 4.89. The van der Waals surface area contributed by atoms with Gasteiger partial charge in [-0.05, 0) is 24.3 Å². The molecule has 0 amide bonds. The van der Waals surface area contributed by atoms with Crippen molar-refractivity contribution >= 4 is 44.9 Å². The Morgan fingerprint density at radius 3 is 2.46 bits per heavy atom. The molecule has 0 bridgehead atoms. The van der Waals surface area contributed by atoms with E-state index in [-0.39, 0.29) is 12.4 Å². The maximum Gasteiger partial charge on any atom is 0.0741 e. The Labute approximate surface area is 156 Å². The Balaban J connectivity index is 0.00000169. The average Bonchev–Trinajstić information content (AvgIpc) is 2.62. The van der Waals surface area contributed by atoms with E-state index in [1.54, 1.807) is 0 Å². The molecule has 2 aromatic carbocycles. The first-order chi connectivity index (χ1) is 11.3. The monoisotopic (exact) mass is 403 g/mol. The van der Waals surface area contributed by atoms with Crippen LogP contribution in [0.15, 0.2) is 59.1 Å². The van der Waals surface area contributed by atoms with Crippen molar-refractivity contribution in [3.8, 4) is 11.3 Å². The summed E-state index contributed by atoms with van der Waals surface area (Å²) in [6.45, 7) is 4.12. The molecule has 0 saturated carbocycles. The lowest BCUT2D eigenvalue weighted by atomic mass is 10.1. The maximum absolute atomic E-state index is 4.89. The fourth-order valence-corrected chi connectivity index (χ4v) is 3.46. The number of piperazine rings is 1. The van der Waals surface area contributed by atoms with Gasteiger partial charge in [-0.1, -0.05) is 46.3 Å². The van der Waals surface area contributed by atoms with Gasteiger partial charge in [-0.2, -0.15) is 0 Å². The lowest BCUT2D eigenvalue weighted by Gasteiger charge is -2.30. The fourth-order valence-electron chi connectivity index (χ4n) is 3.11. The third-order valence-corrected chi connectivity index (χ3v) is 4.77. The van der Waals surface area contributed by atoms with Crippen LogP contribution in [0.1, 0.15) is 0 Å². The van der Waals surface area contributed by atoms with Crippen molar-refractivity contribution in [2.75, 3.05) is 31.1 Å². The molecule has 1 aliphatic heterocycles. The van der Waals surface area contributed by atoms with Crippen molar-refractivity contribution in [1.29, 1.82) is 0 Å². The van der Waals surface area contributed by atoms with Crippen LogP contribution in [0.3, 0.4) is 0 Å². The molecule has 3 nitrogen and oxygen atoms in total. The summed E-state index contributed by atoms with van der Waals surface area (Å²) in [5.41, 5.74) is 4.51. The first-order valence-corrected chi connectivity index (χ1v) is 8.72. The number of anilines is 1. The second-order valence-electron chi connectivity index (χ2n) is 5.79. The van der Waals surface area contributed by atoms with Gasteiger partial charge in [0.1, 0.15) is 0 Å². The highest BCUT2D eigenvalue weighted by Crippen LogP contribution is 2.32. The summed E-state index contributed by atoms with van der Waals surface area (Å²) < 4.78 is 1.06. The van der Waals surface area contributed by atoms with Gasteiger partial charge in [-0.15, -0.1) is 12.4 Å². The Morgan fingerprint density at radius 1 is 0.958 bits per heavy atom. The van der Waals surface area contributed by atoms with Crippen molar-refractivity contribution in [3.05, 3.63) is 59.1 Å². The summed E-state index contributed by atoms with van der Waals surface area (Å²) in [7, 11) is 0. The van der Waals surface area contributed by atoms with Crippen LogP contribution in [0.2, 0.25) is 0 Å². The van der Waals surface area contributed by atoms with Gasteiger partial charge < -0.3 is 10.2 Å². The van der Waals surface area contributed by atoms with Crippen molar-refractivity contribution in [3.63, 3.8) is 0 Å². The van der Waals surface area contributed by atoms with Gasteiger partial charge in [0.05, 0.1) is 11.2 Å². The van der Waals surface area contributed by atoms with E-state index in [1.807, 2.05) is 6.07 Å². The van der Waals surface area contributed by atoms with Gasteiger partial charge in [-0.25, -0.2) is 4.98 Å². The van der Waals surface area contributed by atoms with E-state index >= 15 is 0 Å². The number of nitrogens with one attached hydrogen (secondary N) is 1. The first-order valence-electron chi connectivity index (χ1n) is 7.93. The smallest absolute Gasteiger partial charge is 0.0741 e. The molecule has 1 aromatic heterocycles. The minimum absolute atomic E-state index is 0. The van der Waals surface area contributed by atoms with Gasteiger partial charge in [-0.3, -0.25) is 0 Å². The summed E-state index contributed by atoms with van der Waals surface area (Å²) in [6.07, 6.45) is 0. The molecule has 124 valence electrons. The molecule has 5 heteroatoms. The average molecular weight is 405 g/mol. The molecule has 2 heterocycles. The zero-order chi connectivity index (χ0) is 15.6. The van der Waals surface area contributed by atoms with Crippen LogP contribution >= 0.6 is 28.3 Å². The molecule has 1 fully saturated rings. The van der Waals surface area contributed by atoms with Gasteiger partial charge >= 0.3 is 0 Å². The van der Waals surface area contributed by atoms with E-state index in [0.29, 0.717) is 0 Å². The molecular weight excluding hydrogens is 386 g/mol. The number of benzene rings is 2. The van der Waals surface area contributed by atoms with Crippen LogP contribution in [0.4, 0.5) is 5.69 Å². The zero-order valence-corrected chi connectivity index (χ0v) is 15.6. The van der Waals surface area contributed by atoms with Crippen molar-refractivity contribution in [1.82, 2.24) is 10.3 Å². The summed E-state index contributed by atoms with van der Waals surface area (Å²) in [5.74, 6) is 0.